The molecule has 1 fully saturated rings. The number of nitrogens with zero attached hydrogens (tertiary/aromatic N) is 3. The largest absolute Gasteiger partial charge is 0.456 e. The van der Waals surface area contributed by atoms with Crippen LogP contribution in [-0.4, -0.2) is 53.4 Å². The molecule has 1 saturated heterocycles. The van der Waals surface area contributed by atoms with Crippen LogP contribution < -0.4 is 0 Å². The lowest BCUT2D eigenvalue weighted by atomic mass is 9.91. The van der Waals surface area contributed by atoms with Gasteiger partial charge < -0.3 is 19.6 Å². The van der Waals surface area contributed by atoms with Crippen molar-refractivity contribution in [2.75, 3.05) is 32.7 Å². The molecule has 2 heterocycles. The van der Waals surface area contributed by atoms with Gasteiger partial charge in [-0.15, -0.1) is 0 Å². The number of benzene rings is 1. The smallest absolute Gasteiger partial charge is 0.231 e. The predicted octanol–water partition coefficient (Wildman–Crippen LogP) is 4.73. The molecular formula is C25H30FN3O3. The molecule has 170 valence electrons. The molecule has 0 spiro atoms. The molecule has 1 aromatic carbocycles. The van der Waals surface area contributed by atoms with Gasteiger partial charge in [0.15, 0.2) is 12.0 Å². The minimum Gasteiger partial charge on any atom is -0.456 e. The third-order valence-corrected chi connectivity index (χ3v) is 6.26. The maximum absolute atomic E-state index is 14.3. The maximum Gasteiger partial charge on any atom is 0.231 e. The van der Waals surface area contributed by atoms with E-state index in [4.69, 9.17) is 9.47 Å². The molecule has 1 unspecified atom stereocenters. The van der Waals surface area contributed by atoms with E-state index < -0.39 is 0 Å². The fourth-order valence-electron chi connectivity index (χ4n) is 4.31. The summed E-state index contributed by atoms with van der Waals surface area (Å²) in [6.07, 6.45) is 12.3. The minimum absolute atomic E-state index is 0.246. The van der Waals surface area contributed by atoms with Crippen molar-refractivity contribution in [1.29, 1.82) is 0 Å². The summed E-state index contributed by atoms with van der Waals surface area (Å²) in [5.74, 6) is 0.994. The quantitative estimate of drug-likeness (QED) is 0.378. The predicted molar refractivity (Wildman–Crippen MR) is 121 cm³/mol. The Morgan fingerprint density at radius 1 is 1.16 bits per heavy atom. The van der Waals surface area contributed by atoms with Gasteiger partial charge in [0, 0.05) is 32.1 Å². The van der Waals surface area contributed by atoms with Gasteiger partial charge >= 0.3 is 0 Å². The molecule has 4 rings (SSSR count). The molecule has 1 N–H and O–H groups in total. The number of hydrogen-bond acceptors (Lipinski definition) is 6. The van der Waals surface area contributed by atoms with Gasteiger partial charge in [-0.25, -0.2) is 4.39 Å². The highest BCUT2D eigenvalue weighted by Crippen LogP contribution is 2.27. The molecule has 3 aliphatic rings. The zero-order chi connectivity index (χ0) is 22.3. The summed E-state index contributed by atoms with van der Waals surface area (Å²) in [6, 6.07) is 6.71. The Kier molecular flexibility index (Phi) is 7.27. The van der Waals surface area contributed by atoms with E-state index >= 15 is 0 Å². The zero-order valence-corrected chi connectivity index (χ0v) is 18.4. The topological polar surface area (TPSA) is 57.5 Å². The van der Waals surface area contributed by atoms with E-state index in [0.717, 1.165) is 62.8 Å². The van der Waals surface area contributed by atoms with Gasteiger partial charge in [-0.3, -0.25) is 4.90 Å². The van der Waals surface area contributed by atoms with E-state index in [1.165, 1.54) is 6.07 Å². The molecular weight excluding hydrogens is 409 g/mol. The van der Waals surface area contributed by atoms with Crippen LogP contribution in [0.25, 0.3) is 0 Å². The van der Waals surface area contributed by atoms with E-state index in [1.807, 2.05) is 12.1 Å². The lowest BCUT2D eigenvalue weighted by Gasteiger charge is -2.37. The van der Waals surface area contributed by atoms with Gasteiger partial charge in [0.1, 0.15) is 12.1 Å². The van der Waals surface area contributed by atoms with E-state index in [1.54, 1.807) is 31.6 Å². The molecule has 0 radical (unpaired) electrons. The first-order valence-corrected chi connectivity index (χ1v) is 11.2. The Labute approximate surface area is 188 Å². The second-order valence-corrected chi connectivity index (χ2v) is 8.27. The second-order valence-electron chi connectivity index (χ2n) is 8.27. The van der Waals surface area contributed by atoms with Gasteiger partial charge in [0.25, 0.3) is 0 Å². The summed E-state index contributed by atoms with van der Waals surface area (Å²) in [5, 5.41) is 12.6. The second kappa shape index (κ2) is 10.5. The molecule has 2 aliphatic heterocycles. The summed E-state index contributed by atoms with van der Waals surface area (Å²) in [7, 11) is 0. The summed E-state index contributed by atoms with van der Waals surface area (Å²) < 4.78 is 26.0. The van der Waals surface area contributed by atoms with Crippen LogP contribution >= 0.6 is 0 Å². The molecule has 0 aromatic heterocycles. The van der Waals surface area contributed by atoms with Gasteiger partial charge in [-0.05, 0) is 49.9 Å². The third kappa shape index (κ3) is 5.22. The van der Waals surface area contributed by atoms with Crippen LogP contribution in [0.5, 0.6) is 0 Å². The van der Waals surface area contributed by atoms with Crippen molar-refractivity contribution in [3.63, 3.8) is 0 Å². The Bertz CT molecular complexity index is 959. The SMILES string of the molecule is C/C(=N\O)C(CCN1CCN(C2=COC(C3=CC=CCC3)=CO2)CC1)c1ccccc1F. The number of allylic oxidation sites excluding steroid dienone is 4. The molecule has 6 nitrogen and oxygen atoms in total. The van der Waals surface area contributed by atoms with Gasteiger partial charge in [-0.1, -0.05) is 41.6 Å². The van der Waals surface area contributed by atoms with Crippen LogP contribution in [0.1, 0.15) is 37.7 Å². The molecule has 1 aliphatic carbocycles. The maximum atomic E-state index is 14.3. The molecule has 7 heteroatoms. The first-order valence-electron chi connectivity index (χ1n) is 11.2. The third-order valence-electron chi connectivity index (χ3n) is 6.26. The fourth-order valence-corrected chi connectivity index (χ4v) is 4.31. The highest BCUT2D eigenvalue weighted by molar-refractivity contribution is 5.88. The number of halogens is 1. The molecule has 1 atom stereocenters. The van der Waals surface area contributed by atoms with Crippen LogP contribution in [0.15, 0.2) is 77.4 Å². The van der Waals surface area contributed by atoms with Gasteiger partial charge in [-0.2, -0.15) is 0 Å². The molecule has 0 amide bonds. The number of hydrogen-bond donors (Lipinski definition) is 1. The van der Waals surface area contributed by atoms with Crippen molar-refractivity contribution < 1.29 is 19.1 Å². The van der Waals surface area contributed by atoms with Crippen molar-refractivity contribution in [3.8, 4) is 0 Å². The number of rotatable bonds is 7. The van der Waals surface area contributed by atoms with E-state index in [-0.39, 0.29) is 11.7 Å². The zero-order valence-electron chi connectivity index (χ0n) is 18.4. The minimum atomic E-state index is -0.265. The van der Waals surface area contributed by atoms with E-state index in [0.29, 0.717) is 17.7 Å². The average molecular weight is 440 g/mol. The monoisotopic (exact) mass is 439 g/mol. The summed E-state index contributed by atoms with van der Waals surface area (Å²) >= 11 is 0. The van der Waals surface area contributed by atoms with Crippen LogP contribution in [0.4, 0.5) is 4.39 Å². The van der Waals surface area contributed by atoms with Crippen LogP contribution in [0.3, 0.4) is 0 Å². The van der Waals surface area contributed by atoms with Crippen molar-refractivity contribution in [1.82, 2.24) is 9.80 Å². The Morgan fingerprint density at radius 2 is 1.97 bits per heavy atom. The lowest BCUT2D eigenvalue weighted by molar-refractivity contribution is 0.0839. The first kappa shape index (κ1) is 22.1. The van der Waals surface area contributed by atoms with Crippen molar-refractivity contribution >= 4 is 5.71 Å². The van der Waals surface area contributed by atoms with Crippen LogP contribution in [0.2, 0.25) is 0 Å². The number of oxime groups is 1. The average Bonchev–Trinajstić information content (AvgIpc) is 2.86. The molecule has 0 bridgehead atoms. The molecule has 0 saturated carbocycles. The summed E-state index contributed by atoms with van der Waals surface area (Å²) in [6.45, 7) is 5.91. The van der Waals surface area contributed by atoms with E-state index in [9.17, 15) is 9.60 Å². The Hall–Kier alpha value is -3.06. The molecule has 32 heavy (non-hydrogen) atoms. The molecule has 1 aromatic rings. The fraction of sp³-hybridized carbons (Fsp3) is 0.400. The first-order chi connectivity index (χ1) is 15.7. The Morgan fingerprint density at radius 3 is 2.62 bits per heavy atom. The summed E-state index contributed by atoms with van der Waals surface area (Å²) in [4.78, 5) is 4.52. The normalized spacial score (nSPS) is 20.6. The van der Waals surface area contributed by atoms with Crippen molar-refractivity contribution in [2.45, 2.75) is 32.1 Å². The number of piperazine rings is 1. The summed E-state index contributed by atoms with van der Waals surface area (Å²) in [5.41, 5.74) is 2.25. The highest BCUT2D eigenvalue weighted by Gasteiger charge is 2.25. The van der Waals surface area contributed by atoms with Crippen LogP contribution in [-0.2, 0) is 9.47 Å². The standard InChI is InChI=1S/C25H30FN3O3/c1-19(27-30)21(22-9-5-6-10-23(22)26)11-12-28-13-15-29(16-14-28)25-18-31-24(17-32-25)20-7-3-2-4-8-20/h2-3,5-7,9-10,17-18,21,30H,4,8,11-16H2,1H3/b27-19+. The lowest BCUT2D eigenvalue weighted by Crippen LogP contribution is -2.46. The van der Waals surface area contributed by atoms with Crippen molar-refractivity contribution in [2.24, 2.45) is 5.16 Å². The Balaban J connectivity index is 1.28. The van der Waals surface area contributed by atoms with Gasteiger partial charge in [0.05, 0.1) is 5.71 Å². The number of ether oxygens (including phenoxy) is 2. The van der Waals surface area contributed by atoms with Crippen molar-refractivity contribution in [3.05, 3.63) is 83.6 Å². The highest BCUT2D eigenvalue weighted by atomic mass is 19.1. The van der Waals surface area contributed by atoms with Crippen LogP contribution in [0, 0.1) is 5.82 Å². The van der Waals surface area contributed by atoms with E-state index in [2.05, 4.69) is 27.1 Å². The van der Waals surface area contributed by atoms with Gasteiger partial charge in [0.2, 0.25) is 5.88 Å².